The Balaban J connectivity index is 1.52. The van der Waals surface area contributed by atoms with E-state index in [-0.39, 0.29) is 23.8 Å². The first-order valence-corrected chi connectivity index (χ1v) is 10.8. The molecule has 0 bridgehead atoms. The molecule has 164 valence electrons. The number of carbonyl (C=O) groups is 3. The van der Waals surface area contributed by atoms with E-state index in [9.17, 15) is 14.4 Å². The normalized spacial score (nSPS) is 16.9. The van der Waals surface area contributed by atoms with Crippen LogP contribution < -0.4 is 5.32 Å². The van der Waals surface area contributed by atoms with Crippen molar-refractivity contribution in [2.24, 2.45) is 5.92 Å². The molecule has 0 aromatic heterocycles. The van der Waals surface area contributed by atoms with Gasteiger partial charge >= 0.3 is 6.09 Å². The van der Waals surface area contributed by atoms with Gasteiger partial charge in [0.25, 0.3) is 5.91 Å². The molecule has 2 aromatic rings. The fraction of sp³-hybridized carbons (Fsp3) is 0.458. The van der Waals surface area contributed by atoms with E-state index < -0.39 is 5.60 Å². The van der Waals surface area contributed by atoms with Crippen LogP contribution in [0.15, 0.2) is 36.4 Å². The summed E-state index contributed by atoms with van der Waals surface area (Å²) in [4.78, 5) is 41.4. The van der Waals surface area contributed by atoms with E-state index in [0.29, 0.717) is 37.4 Å². The molecular formula is C24H29N3O4. The average Bonchev–Trinajstić information content (AvgIpc) is 3.57. The molecule has 2 aliphatic rings. The zero-order chi connectivity index (χ0) is 22.2. The maximum Gasteiger partial charge on any atom is 0.410 e. The summed E-state index contributed by atoms with van der Waals surface area (Å²) in [6.07, 6.45) is 1.44. The van der Waals surface area contributed by atoms with Crippen LogP contribution in [0.25, 0.3) is 10.8 Å². The molecule has 7 nitrogen and oxygen atoms in total. The highest BCUT2D eigenvalue weighted by Gasteiger charge is 2.32. The van der Waals surface area contributed by atoms with E-state index in [1.54, 1.807) is 9.80 Å². The second kappa shape index (κ2) is 8.21. The number of amides is 3. The van der Waals surface area contributed by atoms with Crippen molar-refractivity contribution in [3.63, 3.8) is 0 Å². The molecule has 1 N–H and O–H groups in total. The summed E-state index contributed by atoms with van der Waals surface area (Å²) in [6.45, 7) is 7.17. The number of benzene rings is 2. The number of hydrogen-bond acceptors (Lipinski definition) is 4. The lowest BCUT2D eigenvalue weighted by atomic mass is 10.0. The van der Waals surface area contributed by atoms with Gasteiger partial charge in [0.2, 0.25) is 5.91 Å². The Bertz CT molecular complexity index is 1020. The van der Waals surface area contributed by atoms with Gasteiger partial charge in [-0.05, 0) is 56.5 Å². The fourth-order valence-corrected chi connectivity index (χ4v) is 3.69. The number of nitrogens with zero attached hydrogens (tertiary/aromatic N) is 2. The third kappa shape index (κ3) is 4.98. The van der Waals surface area contributed by atoms with Crippen molar-refractivity contribution in [2.75, 3.05) is 31.5 Å². The Morgan fingerprint density at radius 1 is 0.935 bits per heavy atom. The van der Waals surface area contributed by atoms with Crippen LogP contribution in [0, 0.1) is 5.92 Å². The molecule has 2 aromatic carbocycles. The molecule has 2 fully saturated rings. The first kappa shape index (κ1) is 21.2. The van der Waals surface area contributed by atoms with E-state index in [1.807, 2.05) is 57.2 Å². The number of piperazine rings is 1. The SMILES string of the molecule is CC(C)(C)OC(=O)N1CCN(C(=O)c2cc3ccccc3cc2NC(=O)C2CC2)CC1. The van der Waals surface area contributed by atoms with Gasteiger partial charge in [-0.1, -0.05) is 24.3 Å². The summed E-state index contributed by atoms with van der Waals surface area (Å²) < 4.78 is 5.43. The van der Waals surface area contributed by atoms with Crippen molar-refractivity contribution in [3.05, 3.63) is 42.0 Å². The van der Waals surface area contributed by atoms with E-state index in [0.717, 1.165) is 23.6 Å². The topological polar surface area (TPSA) is 79.0 Å². The molecule has 31 heavy (non-hydrogen) atoms. The quantitative estimate of drug-likeness (QED) is 0.813. The molecule has 3 amide bonds. The van der Waals surface area contributed by atoms with Gasteiger partial charge in [0.15, 0.2) is 0 Å². The van der Waals surface area contributed by atoms with Crippen LogP contribution in [-0.4, -0.2) is 59.5 Å². The van der Waals surface area contributed by atoms with Gasteiger partial charge in [0.1, 0.15) is 5.60 Å². The van der Waals surface area contributed by atoms with Gasteiger partial charge in [-0.15, -0.1) is 0 Å². The Kier molecular flexibility index (Phi) is 5.60. The molecule has 0 atom stereocenters. The minimum absolute atomic E-state index is 0.0286. The van der Waals surface area contributed by atoms with Crippen LogP contribution >= 0.6 is 0 Å². The third-order valence-electron chi connectivity index (χ3n) is 5.54. The standard InChI is InChI=1S/C24H29N3O4/c1-24(2,3)31-23(30)27-12-10-26(11-13-27)22(29)19-14-17-6-4-5-7-18(17)15-20(19)25-21(28)16-8-9-16/h4-7,14-16H,8-13H2,1-3H3,(H,25,28). The van der Waals surface area contributed by atoms with Crippen molar-refractivity contribution in [2.45, 2.75) is 39.2 Å². The maximum absolute atomic E-state index is 13.4. The van der Waals surface area contributed by atoms with Gasteiger partial charge in [-0.25, -0.2) is 4.79 Å². The number of fused-ring (bicyclic) bond motifs is 1. The highest BCUT2D eigenvalue weighted by atomic mass is 16.6. The van der Waals surface area contributed by atoms with Gasteiger partial charge in [0.05, 0.1) is 11.3 Å². The van der Waals surface area contributed by atoms with Crippen LogP contribution in [0.3, 0.4) is 0 Å². The lowest BCUT2D eigenvalue weighted by Crippen LogP contribution is -2.51. The van der Waals surface area contributed by atoms with E-state index in [2.05, 4.69) is 5.32 Å². The molecule has 1 saturated heterocycles. The molecular weight excluding hydrogens is 394 g/mol. The Hall–Kier alpha value is -3.09. The minimum atomic E-state index is -0.552. The predicted molar refractivity (Wildman–Crippen MR) is 119 cm³/mol. The van der Waals surface area contributed by atoms with Gasteiger partial charge in [-0.2, -0.15) is 0 Å². The predicted octanol–water partition coefficient (Wildman–Crippen LogP) is 3.88. The molecule has 0 radical (unpaired) electrons. The van der Waals surface area contributed by atoms with Crippen molar-refractivity contribution in [1.82, 2.24) is 9.80 Å². The zero-order valence-corrected chi connectivity index (χ0v) is 18.3. The second-order valence-corrected chi connectivity index (χ2v) is 9.27. The average molecular weight is 424 g/mol. The van der Waals surface area contributed by atoms with Crippen molar-refractivity contribution < 1.29 is 19.1 Å². The lowest BCUT2D eigenvalue weighted by Gasteiger charge is -2.35. The third-order valence-corrected chi connectivity index (χ3v) is 5.54. The molecule has 0 unspecified atom stereocenters. The largest absolute Gasteiger partial charge is 0.444 e. The highest BCUT2D eigenvalue weighted by molar-refractivity contribution is 6.08. The van der Waals surface area contributed by atoms with Crippen molar-refractivity contribution >= 4 is 34.4 Å². The Labute approximate surface area is 182 Å². The van der Waals surface area contributed by atoms with Gasteiger partial charge in [0, 0.05) is 32.1 Å². The molecule has 1 aliphatic heterocycles. The first-order valence-electron chi connectivity index (χ1n) is 10.8. The highest BCUT2D eigenvalue weighted by Crippen LogP contribution is 2.32. The molecule has 1 aliphatic carbocycles. The van der Waals surface area contributed by atoms with Crippen LogP contribution in [0.4, 0.5) is 10.5 Å². The summed E-state index contributed by atoms with van der Waals surface area (Å²) in [5, 5.41) is 4.89. The second-order valence-electron chi connectivity index (χ2n) is 9.27. The number of hydrogen-bond donors (Lipinski definition) is 1. The number of carbonyl (C=O) groups excluding carboxylic acids is 3. The lowest BCUT2D eigenvalue weighted by molar-refractivity contribution is -0.117. The van der Waals surface area contributed by atoms with Crippen molar-refractivity contribution in [1.29, 1.82) is 0 Å². The van der Waals surface area contributed by atoms with E-state index in [1.165, 1.54) is 0 Å². The van der Waals surface area contributed by atoms with Gasteiger partial charge < -0.3 is 19.9 Å². The van der Waals surface area contributed by atoms with Gasteiger partial charge in [-0.3, -0.25) is 9.59 Å². The van der Waals surface area contributed by atoms with E-state index >= 15 is 0 Å². The first-order chi connectivity index (χ1) is 14.7. The van der Waals surface area contributed by atoms with Crippen LogP contribution in [-0.2, 0) is 9.53 Å². The van der Waals surface area contributed by atoms with E-state index in [4.69, 9.17) is 4.74 Å². The number of ether oxygens (including phenoxy) is 1. The molecule has 1 heterocycles. The Morgan fingerprint density at radius 2 is 1.52 bits per heavy atom. The summed E-state index contributed by atoms with van der Waals surface area (Å²) in [5.74, 6) is -0.119. The number of nitrogens with one attached hydrogen (secondary N) is 1. The monoisotopic (exact) mass is 423 g/mol. The smallest absolute Gasteiger partial charge is 0.410 e. The molecule has 0 spiro atoms. The maximum atomic E-state index is 13.4. The summed E-state index contributed by atoms with van der Waals surface area (Å²) in [7, 11) is 0. The molecule has 4 rings (SSSR count). The molecule has 1 saturated carbocycles. The zero-order valence-electron chi connectivity index (χ0n) is 18.3. The van der Waals surface area contributed by atoms with Crippen LogP contribution in [0.2, 0.25) is 0 Å². The summed E-state index contributed by atoms with van der Waals surface area (Å²) >= 11 is 0. The van der Waals surface area contributed by atoms with Crippen LogP contribution in [0.5, 0.6) is 0 Å². The van der Waals surface area contributed by atoms with Crippen molar-refractivity contribution in [3.8, 4) is 0 Å². The Morgan fingerprint density at radius 3 is 2.10 bits per heavy atom. The van der Waals surface area contributed by atoms with Crippen LogP contribution in [0.1, 0.15) is 44.0 Å². The number of anilines is 1. The number of rotatable bonds is 3. The summed E-state index contributed by atoms with van der Waals surface area (Å²) in [6, 6.07) is 11.5. The fourth-order valence-electron chi connectivity index (χ4n) is 3.69. The minimum Gasteiger partial charge on any atom is -0.444 e. The molecule has 7 heteroatoms. The summed E-state index contributed by atoms with van der Waals surface area (Å²) in [5.41, 5.74) is 0.484.